The number of pyridine rings is 1. The highest BCUT2D eigenvalue weighted by Gasteiger charge is 2.37. The first-order valence-corrected chi connectivity index (χ1v) is 6.82. The molecular weight excluding hydrogens is 238 g/mol. The van der Waals surface area contributed by atoms with Crippen LogP contribution in [0.4, 0.5) is 0 Å². The van der Waals surface area contributed by atoms with Gasteiger partial charge >= 0.3 is 0 Å². The average molecular weight is 263 g/mol. The Morgan fingerprint density at radius 2 is 2.11 bits per heavy atom. The Morgan fingerprint density at radius 1 is 1.37 bits per heavy atom. The lowest BCUT2D eigenvalue weighted by atomic mass is 9.91. The van der Waals surface area contributed by atoms with Gasteiger partial charge in [-0.15, -0.1) is 0 Å². The number of piperazine rings is 1. The predicted molar refractivity (Wildman–Crippen MR) is 77.4 cm³/mol. The predicted octanol–water partition coefficient (Wildman–Crippen LogP) is 2.05. The summed E-state index contributed by atoms with van der Waals surface area (Å²) in [6.45, 7) is 11.9. The van der Waals surface area contributed by atoms with E-state index in [2.05, 4.69) is 49.0 Å². The molecule has 1 aromatic heterocycles. The maximum absolute atomic E-state index is 5.35. The highest BCUT2D eigenvalue weighted by atomic mass is 16.5. The highest BCUT2D eigenvalue weighted by molar-refractivity contribution is 5.25. The molecule has 4 nitrogen and oxygen atoms in total. The first kappa shape index (κ1) is 14.3. The Balaban J connectivity index is 2.20. The summed E-state index contributed by atoms with van der Waals surface area (Å²) in [5.74, 6) is 0.731. The zero-order valence-corrected chi connectivity index (χ0v) is 12.7. The van der Waals surface area contributed by atoms with Crippen LogP contribution in [0.25, 0.3) is 0 Å². The first-order chi connectivity index (χ1) is 8.84. The first-order valence-electron chi connectivity index (χ1n) is 6.82. The SMILES string of the molecule is COc1ncccc1CN1CC(C)(C)NCC1(C)C. The molecule has 0 aliphatic carbocycles. The van der Waals surface area contributed by atoms with Crippen molar-refractivity contribution in [3.63, 3.8) is 0 Å². The van der Waals surface area contributed by atoms with Crippen LogP contribution in [0.15, 0.2) is 18.3 Å². The molecule has 19 heavy (non-hydrogen) atoms. The third-order valence-corrected chi connectivity index (χ3v) is 3.85. The molecule has 0 aromatic carbocycles. The van der Waals surface area contributed by atoms with Crippen LogP contribution < -0.4 is 10.1 Å². The van der Waals surface area contributed by atoms with Crippen molar-refractivity contribution in [2.24, 2.45) is 0 Å². The van der Waals surface area contributed by atoms with Crippen molar-refractivity contribution in [1.82, 2.24) is 15.2 Å². The van der Waals surface area contributed by atoms with Gasteiger partial charge in [0.05, 0.1) is 7.11 Å². The summed E-state index contributed by atoms with van der Waals surface area (Å²) < 4.78 is 5.35. The van der Waals surface area contributed by atoms with Crippen molar-refractivity contribution >= 4 is 0 Å². The van der Waals surface area contributed by atoms with Crippen molar-refractivity contribution in [2.75, 3.05) is 20.2 Å². The van der Waals surface area contributed by atoms with Gasteiger partial charge in [0.1, 0.15) is 0 Å². The van der Waals surface area contributed by atoms with Gasteiger partial charge in [0.25, 0.3) is 0 Å². The van der Waals surface area contributed by atoms with E-state index in [1.165, 1.54) is 0 Å². The van der Waals surface area contributed by atoms with Crippen molar-refractivity contribution in [2.45, 2.75) is 45.3 Å². The van der Waals surface area contributed by atoms with Gasteiger partial charge in [-0.05, 0) is 33.8 Å². The lowest BCUT2D eigenvalue weighted by Gasteiger charge is -2.49. The van der Waals surface area contributed by atoms with Crippen LogP contribution in [0, 0.1) is 0 Å². The van der Waals surface area contributed by atoms with Gasteiger partial charge in [-0.3, -0.25) is 4.90 Å². The summed E-state index contributed by atoms with van der Waals surface area (Å²) in [5.41, 5.74) is 1.43. The largest absolute Gasteiger partial charge is 0.481 e. The Bertz CT molecular complexity index is 443. The van der Waals surface area contributed by atoms with E-state index in [1.807, 2.05) is 6.07 Å². The third kappa shape index (κ3) is 3.25. The fourth-order valence-corrected chi connectivity index (χ4v) is 2.52. The topological polar surface area (TPSA) is 37.4 Å². The van der Waals surface area contributed by atoms with Gasteiger partial charge in [-0.1, -0.05) is 6.07 Å². The number of nitrogens with zero attached hydrogens (tertiary/aromatic N) is 2. The lowest BCUT2D eigenvalue weighted by molar-refractivity contribution is 0.0317. The van der Waals surface area contributed by atoms with Gasteiger partial charge < -0.3 is 10.1 Å². The second-order valence-corrected chi connectivity index (χ2v) is 6.58. The molecule has 0 spiro atoms. The standard InChI is InChI=1S/C15H25N3O/c1-14(2)11-18(15(3,4)10-17-14)9-12-7-6-8-16-13(12)19-5/h6-8,17H,9-11H2,1-5H3. The van der Waals surface area contributed by atoms with Crippen molar-refractivity contribution < 1.29 is 4.74 Å². The number of hydrogen-bond acceptors (Lipinski definition) is 4. The van der Waals surface area contributed by atoms with Crippen LogP contribution in [-0.4, -0.2) is 41.2 Å². The quantitative estimate of drug-likeness (QED) is 0.905. The molecule has 0 saturated carbocycles. The summed E-state index contributed by atoms with van der Waals surface area (Å²) in [6.07, 6.45) is 1.77. The number of nitrogens with one attached hydrogen (secondary N) is 1. The Kier molecular flexibility index (Phi) is 3.83. The van der Waals surface area contributed by atoms with Crippen LogP contribution in [0.3, 0.4) is 0 Å². The molecule has 1 fully saturated rings. The molecule has 1 aromatic rings. The van der Waals surface area contributed by atoms with E-state index in [0.29, 0.717) is 0 Å². The Hall–Kier alpha value is -1.13. The van der Waals surface area contributed by atoms with Crippen molar-refractivity contribution in [3.8, 4) is 5.88 Å². The second kappa shape index (κ2) is 5.10. The lowest BCUT2D eigenvalue weighted by Crippen LogP contribution is -2.65. The van der Waals surface area contributed by atoms with Gasteiger partial charge in [0, 0.05) is 42.5 Å². The number of hydrogen-bond donors (Lipinski definition) is 1. The van der Waals surface area contributed by atoms with E-state index in [0.717, 1.165) is 31.1 Å². The smallest absolute Gasteiger partial charge is 0.217 e. The third-order valence-electron chi connectivity index (χ3n) is 3.85. The molecule has 4 heteroatoms. The maximum Gasteiger partial charge on any atom is 0.217 e. The van der Waals surface area contributed by atoms with E-state index in [9.17, 15) is 0 Å². The molecule has 0 amide bonds. The summed E-state index contributed by atoms with van der Waals surface area (Å²) in [5, 5.41) is 3.60. The van der Waals surface area contributed by atoms with Gasteiger partial charge in [0.2, 0.25) is 5.88 Å². The molecule has 106 valence electrons. The molecule has 0 unspecified atom stereocenters. The number of rotatable bonds is 3. The molecule has 2 rings (SSSR count). The molecule has 1 aliphatic rings. The van der Waals surface area contributed by atoms with E-state index in [4.69, 9.17) is 4.74 Å². The Labute approximate surface area is 116 Å². The highest BCUT2D eigenvalue weighted by Crippen LogP contribution is 2.27. The van der Waals surface area contributed by atoms with Gasteiger partial charge in [0.15, 0.2) is 0 Å². The summed E-state index contributed by atoms with van der Waals surface area (Å²) in [7, 11) is 1.68. The molecule has 1 aliphatic heterocycles. The molecule has 0 atom stereocenters. The second-order valence-electron chi connectivity index (χ2n) is 6.58. The molecule has 2 heterocycles. The van der Waals surface area contributed by atoms with Crippen LogP contribution in [0.2, 0.25) is 0 Å². The van der Waals surface area contributed by atoms with Crippen LogP contribution in [0.1, 0.15) is 33.3 Å². The summed E-state index contributed by atoms with van der Waals surface area (Å²) >= 11 is 0. The van der Waals surface area contributed by atoms with Crippen molar-refractivity contribution in [1.29, 1.82) is 0 Å². The monoisotopic (exact) mass is 263 g/mol. The average Bonchev–Trinajstić information content (AvgIpc) is 2.35. The molecular formula is C15H25N3O. The summed E-state index contributed by atoms with van der Waals surface area (Å²) in [6, 6.07) is 4.06. The van der Waals surface area contributed by atoms with Crippen molar-refractivity contribution in [3.05, 3.63) is 23.9 Å². The van der Waals surface area contributed by atoms with Gasteiger partial charge in [-0.25, -0.2) is 4.98 Å². The van der Waals surface area contributed by atoms with Crippen LogP contribution in [-0.2, 0) is 6.54 Å². The molecule has 0 radical (unpaired) electrons. The van der Waals surface area contributed by atoms with Crippen LogP contribution in [0.5, 0.6) is 5.88 Å². The zero-order valence-electron chi connectivity index (χ0n) is 12.7. The zero-order chi connectivity index (χ0) is 14.1. The summed E-state index contributed by atoms with van der Waals surface area (Å²) in [4.78, 5) is 6.79. The van der Waals surface area contributed by atoms with Gasteiger partial charge in [-0.2, -0.15) is 0 Å². The van der Waals surface area contributed by atoms with E-state index in [1.54, 1.807) is 13.3 Å². The van der Waals surface area contributed by atoms with E-state index in [-0.39, 0.29) is 11.1 Å². The minimum atomic E-state index is 0.135. The van der Waals surface area contributed by atoms with E-state index < -0.39 is 0 Å². The van der Waals surface area contributed by atoms with Crippen LogP contribution >= 0.6 is 0 Å². The number of aromatic nitrogens is 1. The minimum Gasteiger partial charge on any atom is -0.481 e. The normalized spacial score (nSPS) is 22.2. The fraction of sp³-hybridized carbons (Fsp3) is 0.667. The minimum absolute atomic E-state index is 0.135. The molecule has 1 N–H and O–H groups in total. The number of ether oxygens (including phenoxy) is 1. The fourth-order valence-electron chi connectivity index (χ4n) is 2.52. The molecule has 1 saturated heterocycles. The van der Waals surface area contributed by atoms with E-state index >= 15 is 0 Å². The number of methoxy groups -OCH3 is 1. The Morgan fingerprint density at radius 3 is 2.79 bits per heavy atom. The molecule has 0 bridgehead atoms. The maximum atomic E-state index is 5.35.